The van der Waals surface area contributed by atoms with E-state index in [1.807, 2.05) is 32.2 Å². The van der Waals surface area contributed by atoms with Crippen LogP contribution in [0.5, 0.6) is 5.75 Å². The standard InChI is InChI=1S/C13H21NO2/c1-10(8-15)9-16-13-6-4-5-12(7-13)11(2)14-3/h4-7,10-11,14-15H,8-9H2,1-3H3. The Morgan fingerprint density at radius 2 is 2.12 bits per heavy atom. The van der Waals surface area contributed by atoms with Crippen LogP contribution in [0.2, 0.25) is 0 Å². The number of aliphatic hydroxyl groups excluding tert-OH is 1. The lowest BCUT2D eigenvalue weighted by atomic mass is 10.1. The van der Waals surface area contributed by atoms with Gasteiger partial charge in [-0.2, -0.15) is 0 Å². The highest BCUT2D eigenvalue weighted by molar-refractivity contribution is 5.30. The van der Waals surface area contributed by atoms with E-state index in [1.165, 1.54) is 5.56 Å². The van der Waals surface area contributed by atoms with Gasteiger partial charge in [-0.05, 0) is 31.7 Å². The van der Waals surface area contributed by atoms with Crippen molar-refractivity contribution in [3.05, 3.63) is 29.8 Å². The van der Waals surface area contributed by atoms with Crippen LogP contribution in [0.1, 0.15) is 25.5 Å². The minimum atomic E-state index is 0.159. The molecule has 0 fully saturated rings. The Bertz CT molecular complexity index is 315. The normalized spacial score (nSPS) is 14.5. The Hall–Kier alpha value is -1.06. The van der Waals surface area contributed by atoms with Crippen LogP contribution < -0.4 is 10.1 Å². The van der Waals surface area contributed by atoms with Gasteiger partial charge in [0.15, 0.2) is 0 Å². The van der Waals surface area contributed by atoms with Crippen LogP contribution in [0, 0.1) is 5.92 Å². The van der Waals surface area contributed by atoms with Gasteiger partial charge in [0, 0.05) is 18.6 Å². The zero-order valence-electron chi connectivity index (χ0n) is 10.2. The third kappa shape index (κ3) is 3.83. The molecule has 0 heterocycles. The summed E-state index contributed by atoms with van der Waals surface area (Å²) >= 11 is 0. The predicted octanol–water partition coefficient (Wildman–Crippen LogP) is 1.97. The van der Waals surface area contributed by atoms with Gasteiger partial charge in [0.05, 0.1) is 6.61 Å². The van der Waals surface area contributed by atoms with Crippen molar-refractivity contribution in [1.82, 2.24) is 5.32 Å². The molecule has 0 saturated carbocycles. The minimum absolute atomic E-state index is 0.159. The van der Waals surface area contributed by atoms with E-state index in [9.17, 15) is 0 Å². The van der Waals surface area contributed by atoms with Crippen LogP contribution >= 0.6 is 0 Å². The van der Waals surface area contributed by atoms with Crippen molar-refractivity contribution >= 4 is 0 Å². The van der Waals surface area contributed by atoms with Crippen molar-refractivity contribution in [2.24, 2.45) is 5.92 Å². The zero-order chi connectivity index (χ0) is 12.0. The van der Waals surface area contributed by atoms with E-state index in [-0.39, 0.29) is 12.5 Å². The van der Waals surface area contributed by atoms with E-state index in [0.29, 0.717) is 12.6 Å². The molecular formula is C13H21NO2. The molecule has 0 radical (unpaired) electrons. The monoisotopic (exact) mass is 223 g/mol. The number of hydrogen-bond donors (Lipinski definition) is 2. The topological polar surface area (TPSA) is 41.5 Å². The molecule has 0 amide bonds. The average molecular weight is 223 g/mol. The fourth-order valence-electron chi connectivity index (χ4n) is 1.33. The molecule has 3 nitrogen and oxygen atoms in total. The van der Waals surface area contributed by atoms with E-state index in [4.69, 9.17) is 9.84 Å². The molecule has 2 atom stereocenters. The molecule has 90 valence electrons. The quantitative estimate of drug-likeness (QED) is 0.774. The first-order chi connectivity index (χ1) is 7.67. The molecule has 0 aliphatic heterocycles. The molecule has 0 spiro atoms. The maximum Gasteiger partial charge on any atom is 0.119 e. The first-order valence-corrected chi connectivity index (χ1v) is 5.68. The SMILES string of the molecule is CNC(C)c1cccc(OCC(C)CO)c1. The zero-order valence-corrected chi connectivity index (χ0v) is 10.2. The first-order valence-electron chi connectivity index (χ1n) is 5.68. The summed E-state index contributed by atoms with van der Waals surface area (Å²) in [5.74, 6) is 1.03. The number of rotatable bonds is 6. The van der Waals surface area contributed by atoms with Crippen molar-refractivity contribution < 1.29 is 9.84 Å². The summed E-state index contributed by atoms with van der Waals surface area (Å²) in [5, 5.41) is 12.1. The van der Waals surface area contributed by atoms with Crippen molar-refractivity contribution in [3.63, 3.8) is 0 Å². The third-order valence-corrected chi connectivity index (χ3v) is 2.64. The summed E-state index contributed by atoms with van der Waals surface area (Å²) < 4.78 is 5.61. The van der Waals surface area contributed by atoms with Crippen molar-refractivity contribution in [2.45, 2.75) is 19.9 Å². The van der Waals surface area contributed by atoms with Crippen molar-refractivity contribution in [2.75, 3.05) is 20.3 Å². The molecule has 2 unspecified atom stereocenters. The lowest BCUT2D eigenvalue weighted by molar-refractivity contribution is 0.174. The van der Waals surface area contributed by atoms with E-state index < -0.39 is 0 Å². The van der Waals surface area contributed by atoms with Gasteiger partial charge in [-0.3, -0.25) is 0 Å². The second-order valence-electron chi connectivity index (χ2n) is 4.18. The van der Waals surface area contributed by atoms with Gasteiger partial charge in [-0.25, -0.2) is 0 Å². The van der Waals surface area contributed by atoms with Gasteiger partial charge in [0.25, 0.3) is 0 Å². The molecule has 1 aromatic rings. The number of hydrogen-bond acceptors (Lipinski definition) is 3. The van der Waals surface area contributed by atoms with Crippen LogP contribution in [0.3, 0.4) is 0 Å². The summed E-state index contributed by atoms with van der Waals surface area (Å²) in [6.45, 7) is 4.77. The molecule has 0 bridgehead atoms. The van der Waals surface area contributed by atoms with Crippen LogP contribution in [0.15, 0.2) is 24.3 Å². The third-order valence-electron chi connectivity index (χ3n) is 2.64. The fraction of sp³-hybridized carbons (Fsp3) is 0.538. The van der Waals surface area contributed by atoms with Gasteiger partial charge in [-0.15, -0.1) is 0 Å². The summed E-state index contributed by atoms with van der Waals surface area (Å²) in [4.78, 5) is 0. The Kier molecular flexibility index (Phi) is 5.29. The molecular weight excluding hydrogens is 202 g/mol. The number of benzene rings is 1. The van der Waals surface area contributed by atoms with Gasteiger partial charge in [0.2, 0.25) is 0 Å². The molecule has 2 N–H and O–H groups in total. The van der Waals surface area contributed by atoms with Gasteiger partial charge >= 0.3 is 0 Å². The lowest BCUT2D eigenvalue weighted by Crippen LogP contribution is -2.14. The van der Waals surface area contributed by atoms with E-state index in [0.717, 1.165) is 5.75 Å². The Labute approximate surface area is 97.4 Å². The predicted molar refractivity (Wildman–Crippen MR) is 65.7 cm³/mol. The fourth-order valence-corrected chi connectivity index (χ4v) is 1.33. The van der Waals surface area contributed by atoms with Crippen molar-refractivity contribution in [1.29, 1.82) is 0 Å². The van der Waals surface area contributed by atoms with Gasteiger partial charge < -0.3 is 15.2 Å². The highest BCUT2D eigenvalue weighted by atomic mass is 16.5. The van der Waals surface area contributed by atoms with E-state index >= 15 is 0 Å². The summed E-state index contributed by atoms with van der Waals surface area (Å²) in [6.07, 6.45) is 0. The molecule has 16 heavy (non-hydrogen) atoms. The summed E-state index contributed by atoms with van der Waals surface area (Å²) in [7, 11) is 1.94. The Morgan fingerprint density at radius 1 is 1.38 bits per heavy atom. The maximum absolute atomic E-state index is 8.90. The van der Waals surface area contributed by atoms with Crippen LogP contribution in [0.4, 0.5) is 0 Å². The average Bonchev–Trinajstić information content (AvgIpc) is 2.35. The Balaban J connectivity index is 2.60. The van der Waals surface area contributed by atoms with E-state index in [2.05, 4.69) is 18.3 Å². The Morgan fingerprint density at radius 3 is 2.75 bits per heavy atom. The molecule has 1 rings (SSSR count). The van der Waals surface area contributed by atoms with Crippen molar-refractivity contribution in [3.8, 4) is 5.75 Å². The molecule has 3 heteroatoms. The summed E-state index contributed by atoms with van der Waals surface area (Å²) in [5.41, 5.74) is 1.21. The molecule has 0 aromatic heterocycles. The molecule has 0 saturated heterocycles. The van der Waals surface area contributed by atoms with Crippen LogP contribution in [-0.2, 0) is 0 Å². The molecule has 1 aromatic carbocycles. The number of aliphatic hydroxyl groups is 1. The first kappa shape index (κ1) is 13.0. The maximum atomic E-state index is 8.90. The largest absolute Gasteiger partial charge is 0.493 e. The lowest BCUT2D eigenvalue weighted by Gasteiger charge is -2.14. The van der Waals surface area contributed by atoms with E-state index in [1.54, 1.807) is 0 Å². The van der Waals surface area contributed by atoms with Gasteiger partial charge in [0.1, 0.15) is 5.75 Å². The summed E-state index contributed by atoms with van der Waals surface area (Å²) in [6, 6.07) is 8.35. The second-order valence-corrected chi connectivity index (χ2v) is 4.18. The second kappa shape index (κ2) is 6.51. The van der Waals surface area contributed by atoms with Crippen LogP contribution in [0.25, 0.3) is 0 Å². The molecule has 0 aliphatic carbocycles. The number of ether oxygens (including phenoxy) is 1. The smallest absolute Gasteiger partial charge is 0.119 e. The van der Waals surface area contributed by atoms with Gasteiger partial charge in [-0.1, -0.05) is 19.1 Å². The highest BCUT2D eigenvalue weighted by Crippen LogP contribution is 2.19. The highest BCUT2D eigenvalue weighted by Gasteiger charge is 2.05. The minimum Gasteiger partial charge on any atom is -0.493 e. The number of nitrogens with one attached hydrogen (secondary N) is 1. The van der Waals surface area contributed by atoms with Crippen LogP contribution in [-0.4, -0.2) is 25.4 Å². The molecule has 0 aliphatic rings.